The predicted octanol–water partition coefficient (Wildman–Crippen LogP) is 2.16. The van der Waals surface area contributed by atoms with Crippen LogP contribution in [0.25, 0.3) is 5.53 Å². The van der Waals surface area contributed by atoms with Gasteiger partial charge < -0.3 is 89.5 Å². The second-order valence-corrected chi connectivity index (χ2v) is 16.4. The topological polar surface area (TPSA) is 308 Å². The number of Topliss-reactive ketones (excluding diaryl/α,β-unsaturated/α-hetero) is 2. The summed E-state index contributed by atoms with van der Waals surface area (Å²) in [6.07, 6.45) is 0.714. The first kappa shape index (κ1) is 78.6. The van der Waals surface area contributed by atoms with Crippen LogP contribution in [0.2, 0.25) is 0 Å². The van der Waals surface area contributed by atoms with Crippen molar-refractivity contribution in [2.45, 2.75) is 93.0 Å². The molecule has 0 aliphatic heterocycles. The molecule has 0 aliphatic carbocycles. The van der Waals surface area contributed by atoms with E-state index in [1.54, 1.807) is 62.3 Å². The van der Waals surface area contributed by atoms with Gasteiger partial charge in [-0.1, -0.05) is 0 Å². The van der Waals surface area contributed by atoms with E-state index in [4.69, 9.17) is 82.1 Å². The summed E-state index contributed by atoms with van der Waals surface area (Å²) < 4.78 is 70.9. The third kappa shape index (κ3) is 85.1. The molecule has 0 aromatic heterocycles. The fourth-order valence-electron chi connectivity index (χ4n) is 3.64. The van der Waals surface area contributed by atoms with Crippen LogP contribution in [0.5, 0.6) is 0 Å². The van der Waals surface area contributed by atoms with Crippen LogP contribution in [0.1, 0.15) is 76.2 Å². The Labute approximate surface area is 438 Å². The van der Waals surface area contributed by atoms with Crippen molar-refractivity contribution in [3.8, 4) is 0 Å². The Morgan fingerprint density at radius 1 is 0.429 bits per heavy atom. The van der Waals surface area contributed by atoms with Gasteiger partial charge in [-0.15, -0.1) is 0 Å². The number of nitrogens with zero attached hydrogens (tertiary/aromatic N) is 2. The van der Waals surface area contributed by atoms with Gasteiger partial charge in [-0.2, -0.15) is 4.79 Å². The summed E-state index contributed by atoms with van der Waals surface area (Å²) in [7, 11) is 0. The van der Waals surface area contributed by atoms with Crippen LogP contribution in [-0.4, -0.2) is 225 Å². The van der Waals surface area contributed by atoms with E-state index in [2.05, 4.69) is 4.79 Å². The van der Waals surface area contributed by atoms with Crippen LogP contribution >= 0.6 is 0 Å². The number of ketones is 2. The van der Waals surface area contributed by atoms with Gasteiger partial charge in [-0.05, 0) is 76.2 Å². The van der Waals surface area contributed by atoms with E-state index in [9.17, 15) is 28.8 Å². The number of carbonyl (C=O) groups excluding carboxylic acids is 5. The Balaban J connectivity index is -0.000000201. The smallest absolute Gasteiger partial charge is 0.414 e. The summed E-state index contributed by atoms with van der Waals surface area (Å²) in [5, 5.41) is 16.7. The molecule has 24 nitrogen and oxygen atoms in total. The number of aliphatic carboxylic acids is 1. The van der Waals surface area contributed by atoms with Crippen molar-refractivity contribution in [1.82, 2.24) is 0 Å². The molecular weight excluding hydrogens is 1160 g/mol. The number of hydrogen-bond acceptors (Lipinski definition) is 21. The zero-order chi connectivity index (χ0) is 52.5. The van der Waals surface area contributed by atoms with Crippen LogP contribution in [0.4, 0.5) is 0 Å². The van der Waals surface area contributed by atoms with E-state index < -0.39 is 34.7 Å². The molecule has 0 saturated heterocycles. The van der Waals surface area contributed by atoms with E-state index in [0.717, 1.165) is 0 Å². The molecule has 0 aliphatic rings. The maximum atomic E-state index is 11.3. The molecule has 0 amide bonds. The molecule has 0 spiro atoms. The van der Waals surface area contributed by atoms with Gasteiger partial charge in [0.2, 0.25) is 0 Å². The van der Waals surface area contributed by atoms with Crippen LogP contribution in [0.3, 0.4) is 0 Å². The van der Waals surface area contributed by atoms with Gasteiger partial charge in [0, 0.05) is 31.1 Å². The number of carbonyl (C=O) groups is 6. The summed E-state index contributed by atoms with van der Waals surface area (Å²) in [5.41, 5.74) is 6.36. The molecule has 0 radical (unpaired) electrons. The summed E-state index contributed by atoms with van der Waals surface area (Å²) >= 11 is 0. The molecule has 0 aromatic carbocycles. The summed E-state index contributed by atoms with van der Waals surface area (Å²) in [6.45, 7) is 25.2. The molecule has 0 heterocycles. The van der Waals surface area contributed by atoms with Crippen LogP contribution in [0.15, 0.2) is 0 Å². The van der Waals surface area contributed by atoms with Gasteiger partial charge in [-0.3, -0.25) is 9.59 Å². The van der Waals surface area contributed by atoms with Crippen molar-refractivity contribution in [3.63, 3.8) is 0 Å². The maximum Gasteiger partial charge on any atom is 0.414 e. The standard InChI is InChI=1S/C15H28O7.C14H26O8.C9H18O5.C6H10N2O2.CH3.U/c1-13(16)11-20-9-7-18-5-6-19-8-10-21-12-14(17)22-15(2,3)4;1-14(2,3)22-13(17)11-21-9-7-19-5-4-18-6-8-20-10-12(15)16;1-9(11)8-14-7-6-13-5-4-12-3-2-10;1-6(2,3)10-5(9)4-8-7;;/h5-12H2,1-4H3;4-11H2,1-3H3,(H,15,16);10H,2-8H2,1H3;4H,1-3H3;1H3;/q;;;;-1;. The number of carboxylic acids is 1. The predicted molar refractivity (Wildman–Crippen MR) is 249 cm³/mol. The number of esters is 3. The number of rotatable bonds is 37. The molecule has 0 saturated carbocycles. The SMILES string of the molecule is CC(=O)COCCOCCOCCO.CC(=O)COCCOCCOCCOCC(=O)OC(C)(C)C.CC(C)(C)OC(=O)C=[N+]=[N-].CC(C)(C)OC(=O)COCCOCCOCCOCC(=O)O.[CH3-].[U]. The first-order chi connectivity index (χ1) is 31.8. The van der Waals surface area contributed by atoms with E-state index in [-0.39, 0.29) is 102 Å². The van der Waals surface area contributed by atoms with Gasteiger partial charge >= 0.3 is 30.1 Å². The second-order valence-electron chi connectivity index (χ2n) is 16.4. The van der Waals surface area contributed by atoms with E-state index in [1.165, 1.54) is 13.8 Å². The molecule has 412 valence electrons. The monoisotopic (exact) mass is 1240 g/mol. The van der Waals surface area contributed by atoms with Crippen molar-refractivity contribution in [2.75, 3.05) is 152 Å². The van der Waals surface area contributed by atoms with Gasteiger partial charge in [0.15, 0.2) is 11.6 Å². The van der Waals surface area contributed by atoms with Crippen molar-refractivity contribution in [1.29, 1.82) is 0 Å². The molecule has 0 rings (SSSR count). The average molecular weight is 1240 g/mol. The van der Waals surface area contributed by atoms with Gasteiger partial charge in [-0.25, -0.2) is 19.2 Å². The van der Waals surface area contributed by atoms with Crippen molar-refractivity contribution >= 4 is 41.7 Å². The molecule has 0 fully saturated rings. The zero-order valence-corrected chi connectivity index (χ0v) is 48.0. The Bertz CT molecular complexity index is 1270. The molecule has 25 heteroatoms. The second kappa shape index (κ2) is 54.0. The van der Waals surface area contributed by atoms with E-state index in [1.807, 2.05) is 0 Å². The Hall–Kier alpha value is -2.83. The summed E-state index contributed by atoms with van der Waals surface area (Å²) in [4.78, 5) is 66.8. The van der Waals surface area contributed by atoms with Gasteiger partial charge in [0.25, 0.3) is 0 Å². The molecular formula is C45H85N2O22U-. The van der Waals surface area contributed by atoms with Gasteiger partial charge in [0.1, 0.15) is 49.8 Å². The molecule has 70 heavy (non-hydrogen) atoms. The van der Waals surface area contributed by atoms with E-state index >= 15 is 0 Å². The number of aliphatic hydroxyl groups is 1. The number of ether oxygens (including phenoxy) is 14. The number of hydrogen-bond donors (Lipinski definition) is 2. The normalized spacial score (nSPS) is 10.7. The average Bonchev–Trinajstić information content (AvgIpc) is 3.19. The molecule has 0 atom stereocenters. The number of aliphatic hydroxyl groups excluding tert-OH is 1. The third-order valence-electron chi connectivity index (χ3n) is 5.90. The van der Waals surface area contributed by atoms with Crippen LogP contribution in [-0.2, 0) is 95.1 Å². The maximum absolute atomic E-state index is 11.3. The molecule has 0 unspecified atom stereocenters. The van der Waals surface area contributed by atoms with Crippen molar-refractivity contribution < 1.29 is 141 Å². The Morgan fingerprint density at radius 3 is 0.900 bits per heavy atom. The van der Waals surface area contributed by atoms with Crippen LogP contribution < -0.4 is 0 Å². The molecule has 0 aromatic rings. The molecule has 0 bridgehead atoms. The zero-order valence-electron chi connectivity index (χ0n) is 43.8. The minimum Gasteiger partial charge on any atom is -0.480 e. The fourth-order valence-corrected chi connectivity index (χ4v) is 3.64. The largest absolute Gasteiger partial charge is 0.480 e. The summed E-state index contributed by atoms with van der Waals surface area (Å²) in [5.74, 6) is -2.44. The minimum atomic E-state index is -1.00. The van der Waals surface area contributed by atoms with Gasteiger partial charge in [0.05, 0.1) is 119 Å². The first-order valence-corrected chi connectivity index (χ1v) is 21.9. The Morgan fingerprint density at radius 2 is 0.671 bits per heavy atom. The number of carboxylic acid groups (broad SMARTS) is 1. The summed E-state index contributed by atoms with van der Waals surface area (Å²) in [6, 6.07) is 0. The van der Waals surface area contributed by atoms with E-state index in [0.29, 0.717) is 112 Å². The minimum absolute atomic E-state index is 0. The molecule has 2 N–H and O–H groups in total. The Kier molecular flexibility index (Phi) is 60.6. The first-order valence-electron chi connectivity index (χ1n) is 21.9. The van der Waals surface area contributed by atoms with Crippen molar-refractivity contribution in [3.05, 3.63) is 13.0 Å². The van der Waals surface area contributed by atoms with Crippen molar-refractivity contribution in [2.24, 2.45) is 0 Å². The fraction of sp³-hybridized carbons (Fsp3) is 0.822. The quantitative estimate of drug-likeness (QED) is 0.0171. The van der Waals surface area contributed by atoms with Crippen LogP contribution in [0, 0.1) is 38.5 Å². The third-order valence-corrected chi connectivity index (χ3v) is 5.90.